The standard InChI is InChI=1S/C22H21FN4O4S.ClH/c23-17-5-6-19-20(15-17)32-22(24-19)26(9-8-25-10-12-31-13-11-25)21(28)7-4-16-2-1-3-18(14-16)27(29)30;/h1-7,14-15H,8-13H2;1H/b7-4+;. The molecule has 3 aromatic rings. The molecule has 0 bridgehead atoms. The molecule has 2 aromatic carbocycles. The first-order chi connectivity index (χ1) is 15.5. The Hall–Kier alpha value is -2.92. The van der Waals surface area contributed by atoms with Gasteiger partial charge in [-0.05, 0) is 29.8 Å². The van der Waals surface area contributed by atoms with Crippen molar-refractivity contribution in [2.24, 2.45) is 0 Å². The number of nitrogens with zero attached hydrogens (tertiary/aromatic N) is 4. The van der Waals surface area contributed by atoms with Gasteiger partial charge in [-0.1, -0.05) is 23.5 Å². The number of morpholine rings is 1. The van der Waals surface area contributed by atoms with Gasteiger partial charge in [-0.25, -0.2) is 9.37 Å². The van der Waals surface area contributed by atoms with Crippen molar-refractivity contribution in [3.63, 3.8) is 0 Å². The summed E-state index contributed by atoms with van der Waals surface area (Å²) in [7, 11) is 0. The first kappa shape index (κ1) is 24.7. The van der Waals surface area contributed by atoms with E-state index in [2.05, 4.69) is 9.88 Å². The van der Waals surface area contributed by atoms with E-state index >= 15 is 0 Å². The molecule has 0 atom stereocenters. The fourth-order valence-corrected chi connectivity index (χ4v) is 4.39. The Bertz CT molecular complexity index is 1170. The predicted molar refractivity (Wildman–Crippen MR) is 129 cm³/mol. The van der Waals surface area contributed by atoms with Gasteiger partial charge < -0.3 is 4.74 Å². The molecule has 1 aromatic heterocycles. The van der Waals surface area contributed by atoms with Crippen LogP contribution in [-0.2, 0) is 9.53 Å². The molecule has 8 nitrogen and oxygen atoms in total. The first-order valence-corrected chi connectivity index (χ1v) is 10.9. The highest BCUT2D eigenvalue weighted by Gasteiger charge is 2.20. The molecule has 0 radical (unpaired) electrons. The molecule has 174 valence electrons. The smallest absolute Gasteiger partial charge is 0.270 e. The Labute approximate surface area is 199 Å². The average Bonchev–Trinajstić information content (AvgIpc) is 3.21. The lowest BCUT2D eigenvalue weighted by atomic mass is 10.2. The molecule has 33 heavy (non-hydrogen) atoms. The zero-order valence-electron chi connectivity index (χ0n) is 17.6. The van der Waals surface area contributed by atoms with Crippen LogP contribution in [0.4, 0.5) is 15.2 Å². The number of halogens is 2. The molecule has 11 heteroatoms. The summed E-state index contributed by atoms with van der Waals surface area (Å²) in [6.45, 7) is 3.93. The fraction of sp³-hybridized carbons (Fsp3) is 0.273. The Morgan fingerprint density at radius 1 is 1.27 bits per heavy atom. The van der Waals surface area contributed by atoms with E-state index in [4.69, 9.17) is 4.74 Å². The minimum absolute atomic E-state index is 0. The Kier molecular flexibility index (Phi) is 8.45. The molecule has 1 amide bonds. The molecule has 0 spiro atoms. The highest BCUT2D eigenvalue weighted by atomic mass is 35.5. The number of benzene rings is 2. The first-order valence-electron chi connectivity index (χ1n) is 10.1. The molecule has 0 saturated carbocycles. The predicted octanol–water partition coefficient (Wildman–Crippen LogP) is 4.14. The molecule has 0 aliphatic carbocycles. The number of aromatic nitrogens is 1. The van der Waals surface area contributed by atoms with Gasteiger partial charge in [-0.2, -0.15) is 0 Å². The number of amides is 1. The number of nitro benzene ring substituents is 1. The van der Waals surface area contributed by atoms with Gasteiger partial charge in [-0.15, -0.1) is 12.4 Å². The van der Waals surface area contributed by atoms with Crippen molar-refractivity contribution in [2.75, 3.05) is 44.3 Å². The van der Waals surface area contributed by atoms with Crippen LogP contribution >= 0.6 is 23.7 Å². The second-order valence-electron chi connectivity index (χ2n) is 7.24. The number of rotatable bonds is 7. The van der Waals surface area contributed by atoms with Crippen LogP contribution < -0.4 is 4.90 Å². The minimum Gasteiger partial charge on any atom is -0.379 e. The number of fused-ring (bicyclic) bond motifs is 1. The number of anilines is 1. The topological polar surface area (TPSA) is 88.8 Å². The van der Waals surface area contributed by atoms with Crippen LogP contribution in [0.15, 0.2) is 48.5 Å². The number of thiazole rings is 1. The molecule has 2 heterocycles. The van der Waals surface area contributed by atoms with E-state index in [-0.39, 0.29) is 29.8 Å². The number of carbonyl (C=O) groups excluding carboxylic acids is 1. The average molecular weight is 493 g/mol. The Balaban J connectivity index is 0.00000306. The molecule has 4 rings (SSSR count). The highest BCUT2D eigenvalue weighted by Crippen LogP contribution is 2.29. The van der Waals surface area contributed by atoms with Crippen LogP contribution in [0.3, 0.4) is 0 Å². The molecular weight excluding hydrogens is 471 g/mol. The number of non-ortho nitro benzene ring substituents is 1. The van der Waals surface area contributed by atoms with E-state index in [0.29, 0.717) is 47.2 Å². The van der Waals surface area contributed by atoms with E-state index in [0.717, 1.165) is 13.1 Å². The minimum atomic E-state index is -0.478. The number of ether oxygens (including phenoxy) is 1. The van der Waals surface area contributed by atoms with Crippen molar-refractivity contribution in [1.82, 2.24) is 9.88 Å². The largest absolute Gasteiger partial charge is 0.379 e. The van der Waals surface area contributed by atoms with E-state index in [1.165, 1.54) is 41.7 Å². The van der Waals surface area contributed by atoms with Gasteiger partial charge in [0.25, 0.3) is 11.6 Å². The molecule has 0 unspecified atom stereocenters. The molecule has 1 saturated heterocycles. The van der Waals surface area contributed by atoms with Crippen molar-refractivity contribution < 1.29 is 18.8 Å². The SMILES string of the molecule is Cl.O=C(/C=C/c1cccc([N+](=O)[O-])c1)N(CCN1CCOCC1)c1nc2ccc(F)cc2s1. The van der Waals surface area contributed by atoms with Crippen LogP contribution in [0.1, 0.15) is 5.56 Å². The molecular formula is C22H22ClFN4O4S. The maximum Gasteiger partial charge on any atom is 0.270 e. The third-order valence-corrected chi connectivity index (χ3v) is 6.12. The number of nitro groups is 1. The van der Waals surface area contributed by atoms with E-state index in [9.17, 15) is 19.3 Å². The molecule has 1 aliphatic heterocycles. The van der Waals surface area contributed by atoms with Gasteiger partial charge in [-0.3, -0.25) is 24.7 Å². The molecule has 1 aliphatic rings. The summed E-state index contributed by atoms with van der Waals surface area (Å²) >= 11 is 1.25. The van der Waals surface area contributed by atoms with Gasteiger partial charge in [0.2, 0.25) is 0 Å². The Morgan fingerprint density at radius 3 is 2.82 bits per heavy atom. The second kappa shape index (κ2) is 11.3. The zero-order chi connectivity index (χ0) is 22.5. The summed E-state index contributed by atoms with van der Waals surface area (Å²) in [6, 6.07) is 10.4. The molecule has 1 fully saturated rings. The summed E-state index contributed by atoms with van der Waals surface area (Å²) in [5, 5.41) is 11.5. The lowest BCUT2D eigenvalue weighted by molar-refractivity contribution is -0.384. The van der Waals surface area contributed by atoms with E-state index in [1.807, 2.05) is 0 Å². The van der Waals surface area contributed by atoms with Gasteiger partial charge in [0.15, 0.2) is 5.13 Å². The summed E-state index contributed by atoms with van der Waals surface area (Å²) in [4.78, 5) is 31.9. The van der Waals surface area contributed by atoms with E-state index < -0.39 is 4.92 Å². The van der Waals surface area contributed by atoms with Crippen LogP contribution in [0.2, 0.25) is 0 Å². The number of hydrogen-bond donors (Lipinski definition) is 0. The van der Waals surface area contributed by atoms with Crippen molar-refractivity contribution in [1.29, 1.82) is 0 Å². The number of carbonyl (C=O) groups is 1. The van der Waals surface area contributed by atoms with Crippen LogP contribution in [-0.4, -0.2) is 60.1 Å². The Morgan fingerprint density at radius 2 is 2.06 bits per heavy atom. The summed E-state index contributed by atoms with van der Waals surface area (Å²) in [6.07, 6.45) is 2.93. The second-order valence-corrected chi connectivity index (χ2v) is 8.25. The summed E-state index contributed by atoms with van der Waals surface area (Å²) < 4.78 is 19.7. The fourth-order valence-electron chi connectivity index (χ4n) is 3.37. The van der Waals surface area contributed by atoms with Gasteiger partial charge in [0, 0.05) is 44.4 Å². The summed E-state index contributed by atoms with van der Waals surface area (Å²) in [5.41, 5.74) is 1.13. The summed E-state index contributed by atoms with van der Waals surface area (Å²) in [5.74, 6) is -0.659. The van der Waals surface area contributed by atoms with Crippen LogP contribution in [0, 0.1) is 15.9 Å². The lowest BCUT2D eigenvalue weighted by Gasteiger charge is -2.28. The van der Waals surface area contributed by atoms with Crippen molar-refractivity contribution in [3.8, 4) is 0 Å². The quantitative estimate of drug-likeness (QED) is 0.280. The maximum absolute atomic E-state index is 13.6. The normalized spacial score (nSPS) is 14.3. The monoisotopic (exact) mass is 492 g/mol. The highest BCUT2D eigenvalue weighted by molar-refractivity contribution is 7.22. The van der Waals surface area contributed by atoms with Gasteiger partial charge >= 0.3 is 0 Å². The lowest BCUT2D eigenvalue weighted by Crippen LogP contribution is -2.42. The molecule has 0 N–H and O–H groups in total. The van der Waals surface area contributed by atoms with E-state index in [1.54, 1.807) is 29.2 Å². The third-order valence-electron chi connectivity index (χ3n) is 5.08. The van der Waals surface area contributed by atoms with Crippen LogP contribution in [0.25, 0.3) is 16.3 Å². The van der Waals surface area contributed by atoms with Crippen molar-refractivity contribution >= 4 is 56.8 Å². The van der Waals surface area contributed by atoms with Crippen LogP contribution in [0.5, 0.6) is 0 Å². The number of hydrogen-bond acceptors (Lipinski definition) is 7. The van der Waals surface area contributed by atoms with Crippen molar-refractivity contribution in [3.05, 3.63) is 70.0 Å². The maximum atomic E-state index is 13.6. The van der Waals surface area contributed by atoms with Crippen molar-refractivity contribution in [2.45, 2.75) is 0 Å². The third kappa shape index (κ3) is 6.32. The van der Waals surface area contributed by atoms with Gasteiger partial charge in [0.1, 0.15) is 5.82 Å². The van der Waals surface area contributed by atoms with Gasteiger partial charge in [0.05, 0.1) is 28.4 Å². The zero-order valence-corrected chi connectivity index (χ0v) is 19.2.